The van der Waals surface area contributed by atoms with Gasteiger partial charge in [-0.15, -0.1) is 0 Å². The highest BCUT2D eigenvalue weighted by atomic mass is 32.1. The number of Topliss-reactive ketones (excluding diaryl/α,β-unsaturated/α-hetero) is 1. The largest absolute Gasteiger partial charge is 0.294 e. The van der Waals surface area contributed by atoms with Crippen LogP contribution in [0.25, 0.3) is 10.8 Å². The third-order valence-electron chi connectivity index (χ3n) is 2.77. The van der Waals surface area contributed by atoms with Crippen LogP contribution in [0.4, 0.5) is 0 Å². The van der Waals surface area contributed by atoms with Crippen molar-refractivity contribution in [1.29, 1.82) is 0 Å². The Morgan fingerprint density at radius 3 is 2.62 bits per heavy atom. The molecule has 0 aliphatic carbocycles. The Hall–Kier alpha value is -1.28. The van der Waals surface area contributed by atoms with Crippen LogP contribution < -0.4 is 0 Å². The van der Waals surface area contributed by atoms with Crippen molar-refractivity contribution in [3.05, 3.63) is 47.5 Å². The van der Waals surface area contributed by atoms with E-state index >= 15 is 0 Å². The fraction of sp³-hybridized carbons (Fsp3) is 0.214. The summed E-state index contributed by atoms with van der Waals surface area (Å²) in [5.74, 6) is 0.109. The Balaban J connectivity index is 2.69. The average Bonchev–Trinajstić information content (AvgIpc) is 2.27. The maximum absolute atomic E-state index is 11.5. The van der Waals surface area contributed by atoms with Crippen LogP contribution in [0.3, 0.4) is 0 Å². The highest BCUT2D eigenvalue weighted by Gasteiger charge is 2.06. The maximum Gasteiger partial charge on any atom is 0.160 e. The highest BCUT2D eigenvalue weighted by molar-refractivity contribution is 7.80. The summed E-state index contributed by atoms with van der Waals surface area (Å²) in [6.45, 7) is 3.64. The molecule has 1 nitrogen and oxygen atoms in total. The molecule has 0 saturated carbocycles. The second-order valence-electron chi connectivity index (χ2n) is 4.02. The lowest BCUT2D eigenvalue weighted by molar-refractivity contribution is 0.101. The Bertz CT molecular complexity index is 543. The normalized spacial score (nSPS) is 12.7. The molecule has 0 saturated heterocycles. The molecule has 1 atom stereocenters. The summed E-state index contributed by atoms with van der Waals surface area (Å²) in [5, 5.41) is 2.34. The summed E-state index contributed by atoms with van der Waals surface area (Å²) in [6, 6.07) is 12.0. The molecule has 0 aromatic heterocycles. The van der Waals surface area contributed by atoms with Gasteiger partial charge in [0.1, 0.15) is 0 Å². The van der Waals surface area contributed by atoms with Crippen LogP contribution in [0.1, 0.15) is 35.0 Å². The number of carbonyl (C=O) groups is 1. The first-order valence-corrected chi connectivity index (χ1v) is 5.83. The number of hydrogen-bond donors (Lipinski definition) is 1. The summed E-state index contributed by atoms with van der Waals surface area (Å²) >= 11 is 4.41. The van der Waals surface area contributed by atoms with Gasteiger partial charge in [0.05, 0.1) is 0 Å². The van der Waals surface area contributed by atoms with E-state index in [1.54, 1.807) is 6.92 Å². The summed E-state index contributed by atoms with van der Waals surface area (Å²) in [6.07, 6.45) is 0. The average molecular weight is 230 g/mol. The number of benzene rings is 2. The van der Waals surface area contributed by atoms with Crippen LogP contribution in [0.2, 0.25) is 0 Å². The van der Waals surface area contributed by atoms with E-state index in [9.17, 15) is 4.79 Å². The highest BCUT2D eigenvalue weighted by Crippen LogP contribution is 2.25. The standard InChI is InChI=1S/C14H14OS/c1-9(15)13-5-3-4-12-8-11(10(2)16)6-7-14(12)13/h3-8,10,16H,1-2H3/t10-/m0/s1. The van der Waals surface area contributed by atoms with Crippen molar-refractivity contribution in [2.75, 3.05) is 0 Å². The smallest absolute Gasteiger partial charge is 0.160 e. The lowest BCUT2D eigenvalue weighted by atomic mass is 9.99. The molecule has 16 heavy (non-hydrogen) atoms. The van der Waals surface area contributed by atoms with E-state index in [0.29, 0.717) is 0 Å². The molecule has 0 bridgehead atoms. The summed E-state index contributed by atoms with van der Waals surface area (Å²) in [4.78, 5) is 11.5. The van der Waals surface area contributed by atoms with Gasteiger partial charge in [-0.05, 0) is 30.2 Å². The van der Waals surface area contributed by atoms with Crippen LogP contribution >= 0.6 is 12.6 Å². The third-order valence-corrected chi connectivity index (χ3v) is 3.06. The first-order valence-electron chi connectivity index (χ1n) is 5.31. The summed E-state index contributed by atoms with van der Waals surface area (Å²) < 4.78 is 0. The quantitative estimate of drug-likeness (QED) is 0.609. The first kappa shape index (κ1) is 11.2. The van der Waals surface area contributed by atoms with Gasteiger partial charge in [-0.25, -0.2) is 0 Å². The van der Waals surface area contributed by atoms with E-state index in [0.717, 1.165) is 16.3 Å². The third kappa shape index (κ3) is 1.98. The lowest BCUT2D eigenvalue weighted by Gasteiger charge is -2.08. The van der Waals surface area contributed by atoms with Crippen molar-refractivity contribution < 1.29 is 4.79 Å². The molecule has 0 spiro atoms. The van der Waals surface area contributed by atoms with Crippen molar-refractivity contribution in [3.63, 3.8) is 0 Å². The number of ketones is 1. The van der Waals surface area contributed by atoms with E-state index in [-0.39, 0.29) is 11.0 Å². The van der Waals surface area contributed by atoms with E-state index in [4.69, 9.17) is 0 Å². The number of carbonyl (C=O) groups excluding carboxylic acids is 1. The number of rotatable bonds is 2. The Kier molecular flexibility index (Phi) is 3.01. The Morgan fingerprint density at radius 2 is 2.00 bits per heavy atom. The molecule has 0 aliphatic heterocycles. The van der Waals surface area contributed by atoms with Crippen LogP contribution in [0, 0.1) is 0 Å². The molecular weight excluding hydrogens is 216 g/mol. The fourth-order valence-corrected chi connectivity index (χ4v) is 2.03. The predicted molar refractivity (Wildman–Crippen MR) is 71.4 cm³/mol. The molecule has 0 amide bonds. The molecule has 0 heterocycles. The van der Waals surface area contributed by atoms with Crippen molar-refractivity contribution in [1.82, 2.24) is 0 Å². The zero-order valence-corrected chi connectivity index (χ0v) is 10.3. The molecule has 0 fully saturated rings. The topological polar surface area (TPSA) is 17.1 Å². The second-order valence-corrected chi connectivity index (χ2v) is 4.79. The van der Waals surface area contributed by atoms with E-state index in [1.165, 1.54) is 5.56 Å². The molecule has 82 valence electrons. The molecule has 0 radical (unpaired) electrons. The van der Waals surface area contributed by atoms with Crippen LogP contribution in [0.5, 0.6) is 0 Å². The van der Waals surface area contributed by atoms with Crippen LogP contribution in [-0.4, -0.2) is 5.78 Å². The molecule has 0 N–H and O–H groups in total. The van der Waals surface area contributed by atoms with Crippen molar-refractivity contribution >= 4 is 29.2 Å². The summed E-state index contributed by atoms with van der Waals surface area (Å²) in [7, 11) is 0. The van der Waals surface area contributed by atoms with Crippen LogP contribution in [0.15, 0.2) is 36.4 Å². The number of thiol groups is 1. The molecule has 2 heteroatoms. The monoisotopic (exact) mass is 230 g/mol. The minimum absolute atomic E-state index is 0.109. The van der Waals surface area contributed by atoms with Crippen molar-refractivity contribution in [2.24, 2.45) is 0 Å². The van der Waals surface area contributed by atoms with Gasteiger partial charge >= 0.3 is 0 Å². The molecule has 0 unspecified atom stereocenters. The fourth-order valence-electron chi connectivity index (χ4n) is 1.87. The van der Waals surface area contributed by atoms with Gasteiger partial charge in [-0.3, -0.25) is 4.79 Å². The molecule has 0 aliphatic rings. The number of fused-ring (bicyclic) bond motifs is 1. The van der Waals surface area contributed by atoms with Gasteiger partial charge < -0.3 is 0 Å². The number of hydrogen-bond acceptors (Lipinski definition) is 2. The predicted octanol–water partition coefficient (Wildman–Crippen LogP) is 4.03. The molecule has 2 aromatic carbocycles. The Labute approximate surface area is 101 Å². The minimum Gasteiger partial charge on any atom is -0.294 e. The minimum atomic E-state index is 0.109. The van der Waals surface area contributed by atoms with Gasteiger partial charge in [-0.2, -0.15) is 12.6 Å². The zero-order valence-electron chi connectivity index (χ0n) is 9.40. The van der Waals surface area contributed by atoms with E-state index in [2.05, 4.69) is 18.7 Å². The molecule has 2 rings (SSSR count). The van der Waals surface area contributed by atoms with Crippen molar-refractivity contribution in [3.8, 4) is 0 Å². The first-order chi connectivity index (χ1) is 7.59. The maximum atomic E-state index is 11.5. The van der Waals surface area contributed by atoms with E-state index < -0.39 is 0 Å². The van der Waals surface area contributed by atoms with Gasteiger partial charge in [0.15, 0.2) is 5.78 Å². The van der Waals surface area contributed by atoms with Gasteiger partial charge in [0, 0.05) is 10.8 Å². The SMILES string of the molecule is CC(=O)c1cccc2cc([C@H](C)S)ccc12. The van der Waals surface area contributed by atoms with Gasteiger partial charge in [0.2, 0.25) is 0 Å². The van der Waals surface area contributed by atoms with Crippen molar-refractivity contribution in [2.45, 2.75) is 19.1 Å². The molecule has 2 aromatic rings. The second kappa shape index (κ2) is 4.30. The lowest BCUT2D eigenvalue weighted by Crippen LogP contribution is -1.94. The van der Waals surface area contributed by atoms with E-state index in [1.807, 2.05) is 37.3 Å². The van der Waals surface area contributed by atoms with Gasteiger partial charge in [0.25, 0.3) is 0 Å². The molecular formula is C14H14OS. The van der Waals surface area contributed by atoms with Gasteiger partial charge in [-0.1, -0.05) is 36.4 Å². The van der Waals surface area contributed by atoms with Crippen LogP contribution in [-0.2, 0) is 0 Å². The summed E-state index contributed by atoms with van der Waals surface area (Å²) in [5.41, 5.74) is 1.97. The zero-order chi connectivity index (χ0) is 11.7. The Morgan fingerprint density at radius 1 is 1.25 bits per heavy atom.